The standard InChI is InChI=1S/C10H8N2O4S/c1-2-16-10(13)8-7(12(14)15)4-3-6(5-11)9(8)17/h3-4,17H,2H2,1H3. The van der Waals surface area contributed by atoms with Crippen molar-refractivity contribution in [3.05, 3.63) is 33.4 Å². The maximum absolute atomic E-state index is 11.6. The number of benzene rings is 1. The predicted octanol–water partition coefficient (Wildman–Crippen LogP) is 1.93. The first-order valence-electron chi connectivity index (χ1n) is 4.60. The Labute approximate surface area is 102 Å². The first-order valence-corrected chi connectivity index (χ1v) is 5.05. The van der Waals surface area contributed by atoms with E-state index in [-0.39, 0.29) is 22.6 Å². The number of ether oxygens (including phenoxy) is 1. The molecule has 7 heteroatoms. The van der Waals surface area contributed by atoms with Crippen LogP contribution in [0.1, 0.15) is 22.8 Å². The second kappa shape index (κ2) is 5.32. The van der Waals surface area contributed by atoms with E-state index in [0.717, 1.165) is 6.07 Å². The summed E-state index contributed by atoms with van der Waals surface area (Å²) in [5.74, 6) is -0.860. The summed E-state index contributed by atoms with van der Waals surface area (Å²) in [6.07, 6.45) is 0. The van der Waals surface area contributed by atoms with E-state index in [1.165, 1.54) is 6.07 Å². The van der Waals surface area contributed by atoms with E-state index >= 15 is 0 Å². The van der Waals surface area contributed by atoms with Crippen LogP contribution in [0.25, 0.3) is 0 Å². The molecule has 0 amide bonds. The van der Waals surface area contributed by atoms with Gasteiger partial charge in [-0.3, -0.25) is 10.1 Å². The van der Waals surface area contributed by atoms with Crippen molar-refractivity contribution in [3.8, 4) is 6.07 Å². The summed E-state index contributed by atoms with van der Waals surface area (Å²) in [5, 5.41) is 19.5. The van der Waals surface area contributed by atoms with Crippen LogP contribution >= 0.6 is 12.6 Å². The van der Waals surface area contributed by atoms with Crippen LogP contribution in [0.2, 0.25) is 0 Å². The molecular weight excluding hydrogens is 244 g/mol. The zero-order valence-electron chi connectivity index (χ0n) is 8.84. The normalized spacial score (nSPS) is 9.47. The molecule has 0 bridgehead atoms. The fourth-order valence-electron chi connectivity index (χ4n) is 1.23. The highest BCUT2D eigenvalue weighted by Crippen LogP contribution is 2.28. The van der Waals surface area contributed by atoms with Gasteiger partial charge in [-0.2, -0.15) is 5.26 Å². The maximum atomic E-state index is 11.6. The number of nitriles is 1. The van der Waals surface area contributed by atoms with E-state index < -0.39 is 16.6 Å². The van der Waals surface area contributed by atoms with Crippen LogP contribution in [-0.4, -0.2) is 17.5 Å². The third kappa shape index (κ3) is 2.54. The van der Waals surface area contributed by atoms with Crippen LogP contribution in [0.4, 0.5) is 5.69 Å². The Bertz CT molecular complexity index is 522. The number of thiol groups is 1. The smallest absolute Gasteiger partial charge is 0.346 e. The Hall–Kier alpha value is -2.07. The molecule has 0 aliphatic rings. The van der Waals surface area contributed by atoms with Gasteiger partial charge >= 0.3 is 5.97 Å². The number of hydrogen-bond donors (Lipinski definition) is 1. The monoisotopic (exact) mass is 252 g/mol. The van der Waals surface area contributed by atoms with Crippen LogP contribution in [0.15, 0.2) is 17.0 Å². The van der Waals surface area contributed by atoms with E-state index in [9.17, 15) is 14.9 Å². The van der Waals surface area contributed by atoms with E-state index in [2.05, 4.69) is 12.6 Å². The molecule has 0 N–H and O–H groups in total. The van der Waals surface area contributed by atoms with Crippen LogP contribution in [0.5, 0.6) is 0 Å². The van der Waals surface area contributed by atoms with Crippen LogP contribution in [0, 0.1) is 21.4 Å². The molecule has 0 unspecified atom stereocenters. The van der Waals surface area contributed by atoms with Gasteiger partial charge in [0.15, 0.2) is 5.56 Å². The van der Waals surface area contributed by atoms with Crippen molar-refractivity contribution in [2.24, 2.45) is 0 Å². The summed E-state index contributed by atoms with van der Waals surface area (Å²) in [4.78, 5) is 21.6. The molecule has 0 saturated carbocycles. The second-order valence-electron chi connectivity index (χ2n) is 2.95. The van der Waals surface area contributed by atoms with Crippen molar-refractivity contribution in [1.82, 2.24) is 0 Å². The minimum absolute atomic E-state index is 0.0415. The topological polar surface area (TPSA) is 93.2 Å². The Morgan fingerprint density at radius 2 is 2.29 bits per heavy atom. The van der Waals surface area contributed by atoms with Crippen molar-refractivity contribution in [2.45, 2.75) is 11.8 Å². The van der Waals surface area contributed by atoms with E-state index in [0.29, 0.717) is 0 Å². The molecular formula is C10H8N2O4S. The van der Waals surface area contributed by atoms with Gasteiger partial charge in [0.05, 0.1) is 17.1 Å². The molecule has 17 heavy (non-hydrogen) atoms. The molecule has 0 aliphatic heterocycles. The number of hydrogen-bond acceptors (Lipinski definition) is 6. The first kappa shape index (κ1) is 13.0. The van der Waals surface area contributed by atoms with Crippen molar-refractivity contribution < 1.29 is 14.5 Å². The Morgan fingerprint density at radius 3 is 2.76 bits per heavy atom. The summed E-state index contributed by atoms with van der Waals surface area (Å²) < 4.78 is 4.70. The number of nitrogens with zero attached hydrogens (tertiary/aromatic N) is 2. The van der Waals surface area contributed by atoms with Gasteiger partial charge < -0.3 is 4.74 Å². The van der Waals surface area contributed by atoms with Crippen LogP contribution in [0.3, 0.4) is 0 Å². The highest BCUT2D eigenvalue weighted by atomic mass is 32.1. The number of rotatable bonds is 3. The average Bonchev–Trinajstić information content (AvgIpc) is 2.28. The molecule has 0 spiro atoms. The summed E-state index contributed by atoms with van der Waals surface area (Å²) in [7, 11) is 0. The third-order valence-corrected chi connectivity index (χ3v) is 2.42. The molecule has 6 nitrogen and oxygen atoms in total. The minimum Gasteiger partial charge on any atom is -0.462 e. The lowest BCUT2D eigenvalue weighted by Crippen LogP contribution is -2.10. The lowest BCUT2D eigenvalue weighted by molar-refractivity contribution is -0.385. The van der Waals surface area contributed by atoms with Crippen LogP contribution < -0.4 is 0 Å². The van der Waals surface area contributed by atoms with Gasteiger partial charge in [0.1, 0.15) is 6.07 Å². The highest BCUT2D eigenvalue weighted by molar-refractivity contribution is 7.80. The second-order valence-corrected chi connectivity index (χ2v) is 3.39. The Morgan fingerprint density at radius 1 is 1.65 bits per heavy atom. The maximum Gasteiger partial charge on any atom is 0.346 e. The van der Waals surface area contributed by atoms with Gasteiger partial charge in [-0.05, 0) is 13.0 Å². The molecule has 0 heterocycles. The molecule has 0 atom stereocenters. The fourth-order valence-corrected chi connectivity index (χ4v) is 1.56. The van der Waals surface area contributed by atoms with Gasteiger partial charge in [-0.25, -0.2) is 4.79 Å². The van der Waals surface area contributed by atoms with Crippen molar-refractivity contribution in [2.75, 3.05) is 6.61 Å². The first-order chi connectivity index (χ1) is 8.02. The molecule has 88 valence electrons. The molecule has 0 aliphatic carbocycles. The van der Waals surface area contributed by atoms with E-state index in [4.69, 9.17) is 10.00 Å². The quantitative estimate of drug-likeness (QED) is 0.384. The van der Waals surface area contributed by atoms with E-state index in [1.807, 2.05) is 0 Å². The summed E-state index contributed by atoms with van der Waals surface area (Å²) in [6, 6.07) is 4.12. The van der Waals surface area contributed by atoms with Gasteiger partial charge in [-0.15, -0.1) is 12.6 Å². The van der Waals surface area contributed by atoms with Crippen molar-refractivity contribution in [1.29, 1.82) is 5.26 Å². The minimum atomic E-state index is -0.860. The largest absolute Gasteiger partial charge is 0.462 e. The van der Waals surface area contributed by atoms with Gasteiger partial charge in [0, 0.05) is 11.0 Å². The number of carbonyl (C=O) groups excluding carboxylic acids is 1. The molecule has 0 fully saturated rings. The molecule has 1 rings (SSSR count). The molecule has 1 aromatic rings. The average molecular weight is 252 g/mol. The molecule has 1 aromatic carbocycles. The van der Waals surface area contributed by atoms with Gasteiger partial charge in [0.25, 0.3) is 5.69 Å². The van der Waals surface area contributed by atoms with Crippen molar-refractivity contribution >= 4 is 24.3 Å². The zero-order chi connectivity index (χ0) is 13.0. The van der Waals surface area contributed by atoms with Crippen LogP contribution in [-0.2, 0) is 4.74 Å². The molecule has 0 aromatic heterocycles. The summed E-state index contributed by atoms with van der Waals surface area (Å²) in [6.45, 7) is 1.66. The molecule has 0 radical (unpaired) electrons. The summed E-state index contributed by atoms with van der Waals surface area (Å²) in [5.41, 5.74) is -0.631. The SMILES string of the molecule is CCOC(=O)c1c([N+](=O)[O-])ccc(C#N)c1S. The molecule has 0 saturated heterocycles. The lowest BCUT2D eigenvalue weighted by Gasteiger charge is -2.06. The zero-order valence-corrected chi connectivity index (χ0v) is 9.73. The number of carbonyl (C=O) groups is 1. The summed E-state index contributed by atoms with van der Waals surface area (Å²) >= 11 is 3.96. The number of esters is 1. The number of nitro benzene ring substituents is 1. The third-order valence-electron chi connectivity index (χ3n) is 1.95. The Balaban J connectivity index is 3.46. The predicted molar refractivity (Wildman–Crippen MR) is 61.0 cm³/mol. The lowest BCUT2D eigenvalue weighted by atomic mass is 10.1. The number of nitro groups is 1. The van der Waals surface area contributed by atoms with Gasteiger partial charge in [0.2, 0.25) is 0 Å². The van der Waals surface area contributed by atoms with Gasteiger partial charge in [-0.1, -0.05) is 0 Å². The highest BCUT2D eigenvalue weighted by Gasteiger charge is 2.26. The van der Waals surface area contributed by atoms with E-state index in [1.54, 1.807) is 13.0 Å². The van der Waals surface area contributed by atoms with Crippen molar-refractivity contribution in [3.63, 3.8) is 0 Å². The Kier molecular flexibility index (Phi) is 4.06. The fraction of sp³-hybridized carbons (Fsp3) is 0.200.